The number of amides is 2. The maximum absolute atomic E-state index is 12.5. The fourth-order valence-electron chi connectivity index (χ4n) is 3.05. The van der Waals surface area contributed by atoms with Crippen molar-refractivity contribution in [2.24, 2.45) is 0 Å². The lowest BCUT2D eigenvalue weighted by Crippen LogP contribution is -2.20. The first-order valence-corrected chi connectivity index (χ1v) is 10.4. The molecule has 2 N–H and O–H groups in total. The van der Waals surface area contributed by atoms with Gasteiger partial charge in [-0.25, -0.2) is 0 Å². The average molecular weight is 440 g/mol. The summed E-state index contributed by atoms with van der Waals surface area (Å²) in [7, 11) is 0. The van der Waals surface area contributed by atoms with Crippen LogP contribution < -0.4 is 15.4 Å². The van der Waals surface area contributed by atoms with Gasteiger partial charge in [-0.2, -0.15) is 5.26 Å². The van der Waals surface area contributed by atoms with Crippen molar-refractivity contribution >= 4 is 29.3 Å². The minimum Gasteiger partial charge on any atom is -0.484 e. The molecule has 0 spiro atoms. The molecule has 0 fully saturated rings. The molecule has 0 heterocycles. The zero-order valence-corrected chi connectivity index (χ0v) is 18.8. The maximum atomic E-state index is 12.5. The summed E-state index contributed by atoms with van der Waals surface area (Å²) in [4.78, 5) is 24.8. The zero-order chi connectivity index (χ0) is 23.8. The molecule has 0 saturated heterocycles. The molecular formula is C27H25N3O3. The minimum absolute atomic E-state index is 0.0413. The van der Waals surface area contributed by atoms with Crippen molar-refractivity contribution in [1.82, 2.24) is 0 Å². The van der Waals surface area contributed by atoms with Crippen LogP contribution in [0, 0.1) is 32.1 Å². The smallest absolute Gasteiger partial charge is 0.266 e. The molecule has 0 atom stereocenters. The first kappa shape index (κ1) is 23.3. The number of carbonyl (C=O) groups is 2. The number of benzene rings is 3. The largest absolute Gasteiger partial charge is 0.484 e. The number of nitriles is 1. The number of aryl methyl sites for hydroxylation is 3. The highest BCUT2D eigenvalue weighted by molar-refractivity contribution is 6.09. The lowest BCUT2D eigenvalue weighted by molar-refractivity contribution is -0.118. The fourth-order valence-corrected chi connectivity index (χ4v) is 3.05. The summed E-state index contributed by atoms with van der Waals surface area (Å²) in [6, 6.07) is 21.9. The topological polar surface area (TPSA) is 91.2 Å². The van der Waals surface area contributed by atoms with Crippen LogP contribution in [0.2, 0.25) is 0 Å². The van der Waals surface area contributed by atoms with E-state index >= 15 is 0 Å². The normalized spacial score (nSPS) is 10.8. The fraction of sp³-hybridized carbons (Fsp3) is 0.148. The van der Waals surface area contributed by atoms with Gasteiger partial charge in [-0.3, -0.25) is 9.59 Å². The minimum atomic E-state index is -0.499. The molecule has 0 bridgehead atoms. The Hall–Kier alpha value is -4.37. The van der Waals surface area contributed by atoms with E-state index in [4.69, 9.17) is 4.74 Å². The summed E-state index contributed by atoms with van der Waals surface area (Å²) in [5, 5.41) is 15.0. The molecule has 0 unspecified atom stereocenters. The lowest BCUT2D eigenvalue weighted by Gasteiger charge is -2.11. The van der Waals surface area contributed by atoms with E-state index in [1.54, 1.807) is 36.4 Å². The first-order chi connectivity index (χ1) is 15.8. The second-order valence-electron chi connectivity index (χ2n) is 7.72. The van der Waals surface area contributed by atoms with Gasteiger partial charge in [0.2, 0.25) is 0 Å². The van der Waals surface area contributed by atoms with Crippen LogP contribution in [0.4, 0.5) is 11.4 Å². The molecule has 0 aliphatic carbocycles. The molecule has 166 valence electrons. The van der Waals surface area contributed by atoms with Gasteiger partial charge in [-0.15, -0.1) is 0 Å². The Bertz CT molecular complexity index is 1240. The monoisotopic (exact) mass is 439 g/mol. The number of anilines is 2. The van der Waals surface area contributed by atoms with Crippen LogP contribution in [0.3, 0.4) is 0 Å². The summed E-state index contributed by atoms with van der Waals surface area (Å²) >= 11 is 0. The van der Waals surface area contributed by atoms with Crippen LogP contribution in [0.25, 0.3) is 6.08 Å². The molecule has 33 heavy (non-hydrogen) atoms. The van der Waals surface area contributed by atoms with Gasteiger partial charge in [-0.05, 0) is 73.9 Å². The van der Waals surface area contributed by atoms with Gasteiger partial charge in [0.05, 0.1) is 0 Å². The van der Waals surface area contributed by atoms with Crippen LogP contribution >= 0.6 is 0 Å². The number of nitrogens with one attached hydrogen (secondary N) is 2. The van der Waals surface area contributed by atoms with Gasteiger partial charge in [0.15, 0.2) is 6.61 Å². The Kier molecular flexibility index (Phi) is 7.61. The molecule has 6 heteroatoms. The van der Waals surface area contributed by atoms with Gasteiger partial charge in [0.25, 0.3) is 11.8 Å². The third-order valence-corrected chi connectivity index (χ3v) is 4.88. The molecule has 3 rings (SSSR count). The zero-order valence-electron chi connectivity index (χ0n) is 18.8. The molecule has 0 aromatic heterocycles. The van der Waals surface area contributed by atoms with Crippen molar-refractivity contribution in [2.45, 2.75) is 20.8 Å². The molecule has 2 amide bonds. The second-order valence-corrected chi connectivity index (χ2v) is 7.72. The SMILES string of the molecule is Cc1ccc(NC(=O)/C(C#N)=C\c2cccc(OCC(=O)Nc3cc(C)ccc3C)c2)cc1. The molecule has 0 saturated carbocycles. The van der Waals surface area contributed by atoms with Crippen LogP contribution in [0.1, 0.15) is 22.3 Å². The molecule has 6 nitrogen and oxygen atoms in total. The van der Waals surface area contributed by atoms with Gasteiger partial charge >= 0.3 is 0 Å². The first-order valence-electron chi connectivity index (χ1n) is 10.4. The van der Waals surface area contributed by atoms with E-state index in [0.29, 0.717) is 17.0 Å². The third-order valence-electron chi connectivity index (χ3n) is 4.88. The van der Waals surface area contributed by atoms with E-state index in [9.17, 15) is 14.9 Å². The average Bonchev–Trinajstić information content (AvgIpc) is 2.80. The summed E-state index contributed by atoms with van der Waals surface area (Å²) in [5.41, 5.74) is 5.02. The molecular weight excluding hydrogens is 414 g/mol. The molecule has 0 aliphatic heterocycles. The van der Waals surface area contributed by atoms with E-state index < -0.39 is 5.91 Å². The van der Waals surface area contributed by atoms with Gasteiger partial charge in [-0.1, -0.05) is 42.0 Å². The van der Waals surface area contributed by atoms with Crippen molar-refractivity contribution in [3.63, 3.8) is 0 Å². The second kappa shape index (κ2) is 10.8. The highest BCUT2D eigenvalue weighted by atomic mass is 16.5. The Morgan fingerprint density at radius 1 is 0.939 bits per heavy atom. The van der Waals surface area contributed by atoms with Crippen molar-refractivity contribution in [1.29, 1.82) is 5.26 Å². The maximum Gasteiger partial charge on any atom is 0.266 e. The van der Waals surface area contributed by atoms with E-state index in [1.807, 2.05) is 57.2 Å². The summed E-state index contributed by atoms with van der Waals surface area (Å²) in [5.74, 6) is -0.323. The predicted octanol–water partition coefficient (Wildman–Crippen LogP) is 5.18. The number of rotatable bonds is 7. The quantitative estimate of drug-likeness (QED) is 0.392. The number of nitrogens with zero attached hydrogens (tertiary/aromatic N) is 1. The van der Waals surface area contributed by atoms with Crippen molar-refractivity contribution in [3.05, 3.63) is 94.6 Å². The van der Waals surface area contributed by atoms with Gasteiger partial charge in [0.1, 0.15) is 17.4 Å². The summed E-state index contributed by atoms with van der Waals surface area (Å²) in [6.45, 7) is 5.67. The molecule has 3 aromatic rings. The van der Waals surface area contributed by atoms with Crippen LogP contribution in [-0.4, -0.2) is 18.4 Å². The Labute approximate surface area is 193 Å². The van der Waals surface area contributed by atoms with E-state index in [-0.39, 0.29) is 18.1 Å². The molecule has 0 radical (unpaired) electrons. The standard InChI is InChI=1S/C27H25N3O3/c1-18-8-11-23(12-9-18)29-27(32)22(16-28)14-21-5-4-6-24(15-21)33-17-26(31)30-25-13-19(2)7-10-20(25)3/h4-15H,17H2,1-3H3,(H,29,32)(H,30,31)/b22-14-. The van der Waals surface area contributed by atoms with Crippen molar-refractivity contribution in [3.8, 4) is 11.8 Å². The van der Waals surface area contributed by atoms with Crippen LogP contribution in [0.15, 0.2) is 72.3 Å². The number of hydrogen-bond acceptors (Lipinski definition) is 4. The summed E-state index contributed by atoms with van der Waals surface area (Å²) in [6.07, 6.45) is 1.48. The number of ether oxygens (including phenoxy) is 1. The van der Waals surface area contributed by atoms with Crippen LogP contribution in [-0.2, 0) is 9.59 Å². The highest BCUT2D eigenvalue weighted by Gasteiger charge is 2.10. The van der Waals surface area contributed by atoms with Crippen molar-refractivity contribution in [2.75, 3.05) is 17.2 Å². The van der Waals surface area contributed by atoms with E-state index in [2.05, 4.69) is 10.6 Å². The Morgan fingerprint density at radius 3 is 2.39 bits per heavy atom. The number of hydrogen-bond donors (Lipinski definition) is 2. The predicted molar refractivity (Wildman–Crippen MR) is 130 cm³/mol. The van der Waals surface area contributed by atoms with Crippen molar-refractivity contribution < 1.29 is 14.3 Å². The third kappa shape index (κ3) is 6.81. The molecule has 3 aromatic carbocycles. The summed E-state index contributed by atoms with van der Waals surface area (Å²) < 4.78 is 5.61. The number of carbonyl (C=O) groups excluding carboxylic acids is 2. The molecule has 0 aliphatic rings. The lowest BCUT2D eigenvalue weighted by atomic mass is 10.1. The van der Waals surface area contributed by atoms with E-state index in [0.717, 1.165) is 22.4 Å². The van der Waals surface area contributed by atoms with Crippen LogP contribution in [0.5, 0.6) is 5.75 Å². The highest BCUT2D eigenvalue weighted by Crippen LogP contribution is 2.19. The van der Waals surface area contributed by atoms with E-state index in [1.165, 1.54) is 6.08 Å². The van der Waals surface area contributed by atoms with Gasteiger partial charge < -0.3 is 15.4 Å². The van der Waals surface area contributed by atoms with Gasteiger partial charge in [0, 0.05) is 11.4 Å². The Morgan fingerprint density at radius 2 is 1.67 bits per heavy atom. The Balaban J connectivity index is 1.64.